The number of aryl methyl sites for hydroxylation is 1. The normalized spacial score (nSPS) is 10.8. The summed E-state index contributed by atoms with van der Waals surface area (Å²) in [5.74, 6) is 1.93. The molecule has 0 radical (unpaired) electrons. The Morgan fingerprint density at radius 3 is 2.32 bits per heavy atom. The number of hydrazone groups is 1. The summed E-state index contributed by atoms with van der Waals surface area (Å²) in [4.78, 5) is 12.5. The Morgan fingerprint density at radius 1 is 0.892 bits per heavy atom. The van der Waals surface area contributed by atoms with Crippen molar-refractivity contribution in [2.45, 2.75) is 13.5 Å². The maximum Gasteiger partial charge on any atom is 0.289 e. The Bertz CT molecular complexity index is 1400. The number of H-pyrrole nitrogens is 1. The van der Waals surface area contributed by atoms with Gasteiger partial charge in [0, 0.05) is 5.56 Å². The van der Waals surface area contributed by atoms with Crippen LogP contribution >= 0.6 is 0 Å². The molecule has 190 valence electrons. The first-order valence-corrected chi connectivity index (χ1v) is 11.5. The van der Waals surface area contributed by atoms with Crippen LogP contribution in [0.2, 0.25) is 0 Å². The molecule has 0 saturated heterocycles. The molecule has 1 aromatic heterocycles. The first-order valence-electron chi connectivity index (χ1n) is 11.5. The van der Waals surface area contributed by atoms with Gasteiger partial charge in [0.25, 0.3) is 5.91 Å². The number of hydrogen-bond acceptors (Lipinski definition) is 7. The van der Waals surface area contributed by atoms with E-state index in [1.54, 1.807) is 45.6 Å². The first kappa shape index (κ1) is 25.3. The number of carbonyl (C=O) groups excluding carboxylic acids is 1. The molecule has 0 aliphatic heterocycles. The van der Waals surface area contributed by atoms with Gasteiger partial charge in [-0.15, -0.1) is 0 Å². The van der Waals surface area contributed by atoms with Crippen molar-refractivity contribution >= 4 is 12.1 Å². The number of methoxy groups -OCH3 is 3. The Kier molecular flexibility index (Phi) is 8.05. The number of aromatic amines is 1. The lowest BCUT2D eigenvalue weighted by molar-refractivity contribution is 0.0950. The minimum atomic E-state index is -0.430. The van der Waals surface area contributed by atoms with Crippen LogP contribution < -0.4 is 24.4 Å². The lowest BCUT2D eigenvalue weighted by Gasteiger charge is -2.12. The van der Waals surface area contributed by atoms with E-state index in [0.717, 1.165) is 16.7 Å². The van der Waals surface area contributed by atoms with Gasteiger partial charge in [0.2, 0.25) is 0 Å². The van der Waals surface area contributed by atoms with Crippen molar-refractivity contribution in [2.24, 2.45) is 5.10 Å². The van der Waals surface area contributed by atoms with Crippen LogP contribution in [0.5, 0.6) is 23.0 Å². The van der Waals surface area contributed by atoms with E-state index in [1.165, 1.54) is 11.8 Å². The summed E-state index contributed by atoms with van der Waals surface area (Å²) >= 11 is 0. The zero-order chi connectivity index (χ0) is 26.2. The average Bonchev–Trinajstić information content (AvgIpc) is 3.43. The number of benzene rings is 3. The maximum absolute atomic E-state index is 12.5. The van der Waals surface area contributed by atoms with Crippen LogP contribution in [0.4, 0.5) is 0 Å². The molecular weight excluding hydrogens is 472 g/mol. The molecule has 9 nitrogen and oxygen atoms in total. The highest BCUT2D eigenvalue weighted by atomic mass is 16.5. The minimum absolute atomic E-state index is 0.262. The van der Waals surface area contributed by atoms with Gasteiger partial charge in [0.1, 0.15) is 12.3 Å². The van der Waals surface area contributed by atoms with E-state index in [9.17, 15) is 4.79 Å². The highest BCUT2D eigenvalue weighted by Crippen LogP contribution is 2.32. The third kappa shape index (κ3) is 6.26. The molecule has 0 bridgehead atoms. The average molecular weight is 501 g/mol. The molecular formula is C28H28N4O5. The van der Waals surface area contributed by atoms with Gasteiger partial charge in [-0.05, 0) is 60.5 Å². The standard InChI is InChI=1S/C28H28N4O5/c1-18-5-7-19(8-6-18)17-37-25-12-10-21(14-27(25)36-4)22-15-23(31-30-22)28(33)32-29-16-20-9-11-24(34-2)26(13-20)35-3/h5-16H,17H2,1-4H3,(H,30,31)(H,32,33)/b29-16-. The van der Waals surface area contributed by atoms with E-state index < -0.39 is 5.91 Å². The van der Waals surface area contributed by atoms with Crippen LogP contribution in [0.25, 0.3) is 11.3 Å². The zero-order valence-corrected chi connectivity index (χ0v) is 21.1. The number of ether oxygens (including phenoxy) is 4. The summed E-state index contributed by atoms with van der Waals surface area (Å²) in [5, 5.41) is 11.0. The number of amides is 1. The highest BCUT2D eigenvalue weighted by molar-refractivity contribution is 5.94. The molecule has 0 saturated carbocycles. The van der Waals surface area contributed by atoms with Crippen molar-refractivity contribution in [3.05, 3.63) is 89.1 Å². The van der Waals surface area contributed by atoms with Crippen LogP contribution in [0.1, 0.15) is 27.2 Å². The lowest BCUT2D eigenvalue weighted by atomic mass is 10.1. The highest BCUT2D eigenvalue weighted by Gasteiger charge is 2.13. The summed E-state index contributed by atoms with van der Waals surface area (Å²) in [6.45, 7) is 2.47. The predicted octanol–water partition coefficient (Wildman–Crippen LogP) is 4.75. The van der Waals surface area contributed by atoms with Crippen LogP contribution in [-0.2, 0) is 6.61 Å². The third-order valence-electron chi connectivity index (χ3n) is 5.58. The van der Waals surface area contributed by atoms with Crippen molar-refractivity contribution in [1.82, 2.24) is 15.6 Å². The number of nitrogens with zero attached hydrogens (tertiary/aromatic N) is 2. The molecule has 2 N–H and O–H groups in total. The minimum Gasteiger partial charge on any atom is -0.493 e. The molecule has 0 aliphatic rings. The molecule has 0 spiro atoms. The summed E-state index contributed by atoms with van der Waals surface area (Å²) in [7, 11) is 4.70. The van der Waals surface area contributed by atoms with Crippen LogP contribution in [-0.4, -0.2) is 43.6 Å². The van der Waals surface area contributed by atoms with Gasteiger partial charge in [-0.2, -0.15) is 10.2 Å². The van der Waals surface area contributed by atoms with Crippen LogP contribution in [0, 0.1) is 6.92 Å². The molecule has 4 aromatic rings. The Morgan fingerprint density at radius 2 is 1.59 bits per heavy atom. The topological polar surface area (TPSA) is 107 Å². The maximum atomic E-state index is 12.5. The SMILES string of the molecule is COc1ccc(/C=N\NC(=O)c2cc(-c3ccc(OCc4ccc(C)cc4)c(OC)c3)n[nH]2)cc1OC. The molecule has 0 aliphatic carbocycles. The van der Waals surface area contributed by atoms with Crippen molar-refractivity contribution in [3.63, 3.8) is 0 Å². The third-order valence-corrected chi connectivity index (χ3v) is 5.58. The van der Waals surface area contributed by atoms with Gasteiger partial charge in [-0.3, -0.25) is 9.89 Å². The fraction of sp³-hybridized carbons (Fsp3) is 0.179. The number of hydrogen-bond donors (Lipinski definition) is 2. The Balaban J connectivity index is 1.40. The predicted molar refractivity (Wildman–Crippen MR) is 141 cm³/mol. The summed E-state index contributed by atoms with van der Waals surface area (Å²) in [5.41, 5.74) is 7.09. The number of rotatable bonds is 10. The molecule has 1 heterocycles. The van der Waals surface area contributed by atoms with E-state index in [4.69, 9.17) is 18.9 Å². The molecule has 37 heavy (non-hydrogen) atoms. The fourth-order valence-electron chi connectivity index (χ4n) is 3.54. The van der Waals surface area contributed by atoms with E-state index in [0.29, 0.717) is 35.3 Å². The molecule has 3 aromatic carbocycles. The molecule has 0 unspecified atom stereocenters. The largest absolute Gasteiger partial charge is 0.493 e. The smallest absolute Gasteiger partial charge is 0.289 e. The second-order valence-corrected chi connectivity index (χ2v) is 8.12. The molecule has 0 fully saturated rings. The van der Waals surface area contributed by atoms with Crippen LogP contribution in [0.15, 0.2) is 71.8 Å². The van der Waals surface area contributed by atoms with E-state index >= 15 is 0 Å². The van der Waals surface area contributed by atoms with Crippen molar-refractivity contribution in [1.29, 1.82) is 0 Å². The van der Waals surface area contributed by atoms with E-state index in [-0.39, 0.29) is 5.69 Å². The van der Waals surface area contributed by atoms with Crippen molar-refractivity contribution < 1.29 is 23.7 Å². The van der Waals surface area contributed by atoms with Gasteiger partial charge >= 0.3 is 0 Å². The molecule has 4 rings (SSSR count). The summed E-state index contributed by atoms with van der Waals surface area (Å²) in [6.07, 6.45) is 1.51. The number of aromatic nitrogens is 2. The van der Waals surface area contributed by atoms with E-state index in [1.807, 2.05) is 49.4 Å². The monoisotopic (exact) mass is 500 g/mol. The van der Waals surface area contributed by atoms with Gasteiger partial charge in [-0.25, -0.2) is 5.43 Å². The lowest BCUT2D eigenvalue weighted by Crippen LogP contribution is -2.18. The molecule has 1 amide bonds. The second-order valence-electron chi connectivity index (χ2n) is 8.12. The molecule has 0 atom stereocenters. The number of carbonyl (C=O) groups is 1. The van der Waals surface area contributed by atoms with Gasteiger partial charge in [0.05, 0.1) is 33.2 Å². The first-order chi connectivity index (χ1) is 18.0. The van der Waals surface area contributed by atoms with Crippen molar-refractivity contribution in [2.75, 3.05) is 21.3 Å². The molecule has 9 heteroatoms. The van der Waals surface area contributed by atoms with Gasteiger partial charge < -0.3 is 18.9 Å². The Labute approximate surface area is 215 Å². The fourth-order valence-corrected chi connectivity index (χ4v) is 3.54. The zero-order valence-electron chi connectivity index (χ0n) is 21.1. The summed E-state index contributed by atoms with van der Waals surface area (Å²) < 4.78 is 22.0. The van der Waals surface area contributed by atoms with Gasteiger partial charge in [-0.1, -0.05) is 29.8 Å². The van der Waals surface area contributed by atoms with Gasteiger partial charge in [0.15, 0.2) is 23.0 Å². The summed E-state index contributed by atoms with van der Waals surface area (Å²) in [6, 6.07) is 20.6. The van der Waals surface area contributed by atoms with E-state index in [2.05, 4.69) is 20.7 Å². The number of nitrogens with one attached hydrogen (secondary N) is 2. The second kappa shape index (κ2) is 11.8. The Hall–Kier alpha value is -4.79. The quantitative estimate of drug-likeness (QED) is 0.240. The van der Waals surface area contributed by atoms with Crippen LogP contribution in [0.3, 0.4) is 0 Å². The van der Waals surface area contributed by atoms with Crippen molar-refractivity contribution in [3.8, 4) is 34.3 Å².